The number of benzene rings is 1. The molecule has 2 rings (SSSR count). The van der Waals surface area contributed by atoms with Crippen LogP contribution >= 0.6 is 0 Å². The van der Waals surface area contributed by atoms with Crippen molar-refractivity contribution in [2.75, 3.05) is 6.54 Å². The number of aryl methyl sites for hydroxylation is 1. The highest BCUT2D eigenvalue weighted by Crippen LogP contribution is 2.25. The molecule has 1 aromatic heterocycles. The fraction of sp³-hybridized carbons (Fsp3) is 0.429. The van der Waals surface area contributed by atoms with E-state index in [1.807, 2.05) is 17.9 Å². The van der Waals surface area contributed by atoms with Crippen LogP contribution in [0.25, 0.3) is 11.0 Å². The normalized spacial score (nSPS) is 11.8. The van der Waals surface area contributed by atoms with Crippen LogP contribution in [0.2, 0.25) is 0 Å². The van der Waals surface area contributed by atoms with E-state index in [9.17, 15) is 4.79 Å². The quantitative estimate of drug-likeness (QED) is 0.899. The van der Waals surface area contributed by atoms with E-state index in [0.29, 0.717) is 6.54 Å². The molecule has 0 saturated carbocycles. The Morgan fingerprint density at radius 3 is 2.83 bits per heavy atom. The minimum Gasteiger partial charge on any atom is -0.355 e. The Labute approximate surface area is 107 Å². The second kappa shape index (κ2) is 4.44. The Morgan fingerprint density at radius 2 is 2.17 bits per heavy atom. The van der Waals surface area contributed by atoms with Gasteiger partial charge in [0.05, 0.1) is 17.4 Å². The van der Waals surface area contributed by atoms with Crippen LogP contribution in [0, 0.1) is 0 Å². The molecule has 1 aromatic carbocycles. The number of rotatable bonds is 3. The molecular weight excluding hydrogens is 226 g/mol. The van der Waals surface area contributed by atoms with Crippen LogP contribution in [-0.2, 0) is 17.3 Å². The van der Waals surface area contributed by atoms with E-state index in [0.717, 1.165) is 11.0 Å². The third-order valence-corrected chi connectivity index (χ3v) is 3.29. The molecule has 0 bridgehead atoms. The number of carbonyl (C=O) groups is 1. The standard InChI is InChI=1S/C14H19N3O/c1-10(18)15-8-14(2,3)11-5-6-13-12(7-11)16-9-17(13)4/h5-7,9H,8H2,1-4H3,(H,15,18). The number of imidazole rings is 1. The number of hydrogen-bond donors (Lipinski definition) is 1. The number of amides is 1. The van der Waals surface area contributed by atoms with Gasteiger partial charge in [0.2, 0.25) is 5.91 Å². The van der Waals surface area contributed by atoms with E-state index in [4.69, 9.17) is 0 Å². The van der Waals surface area contributed by atoms with Crippen molar-refractivity contribution in [1.29, 1.82) is 0 Å². The van der Waals surface area contributed by atoms with Crippen LogP contribution in [0.15, 0.2) is 24.5 Å². The van der Waals surface area contributed by atoms with Gasteiger partial charge in [0.15, 0.2) is 0 Å². The van der Waals surface area contributed by atoms with Gasteiger partial charge >= 0.3 is 0 Å². The molecule has 0 unspecified atom stereocenters. The van der Waals surface area contributed by atoms with Crippen LogP contribution < -0.4 is 5.32 Å². The molecule has 4 heteroatoms. The molecular formula is C14H19N3O. The fourth-order valence-electron chi connectivity index (χ4n) is 2.00. The maximum absolute atomic E-state index is 11.0. The van der Waals surface area contributed by atoms with Crippen LogP contribution in [0.5, 0.6) is 0 Å². The molecule has 0 saturated heterocycles. The zero-order valence-electron chi connectivity index (χ0n) is 11.3. The lowest BCUT2D eigenvalue weighted by Crippen LogP contribution is -2.35. The van der Waals surface area contributed by atoms with Crippen molar-refractivity contribution in [2.45, 2.75) is 26.2 Å². The summed E-state index contributed by atoms with van der Waals surface area (Å²) in [6, 6.07) is 6.27. The van der Waals surface area contributed by atoms with Gasteiger partial charge in [-0.2, -0.15) is 0 Å². The van der Waals surface area contributed by atoms with E-state index in [2.05, 4.69) is 42.3 Å². The molecule has 0 spiro atoms. The highest BCUT2D eigenvalue weighted by Gasteiger charge is 2.21. The average molecular weight is 245 g/mol. The van der Waals surface area contributed by atoms with Crippen molar-refractivity contribution < 1.29 is 4.79 Å². The lowest BCUT2D eigenvalue weighted by atomic mass is 9.84. The molecule has 0 aliphatic carbocycles. The number of aromatic nitrogens is 2. The maximum atomic E-state index is 11.0. The van der Waals surface area contributed by atoms with Crippen molar-refractivity contribution in [3.8, 4) is 0 Å². The first-order valence-corrected chi connectivity index (χ1v) is 6.06. The summed E-state index contributed by atoms with van der Waals surface area (Å²) >= 11 is 0. The second-order valence-electron chi connectivity index (χ2n) is 5.35. The van der Waals surface area contributed by atoms with Gasteiger partial charge in [0, 0.05) is 25.9 Å². The second-order valence-corrected chi connectivity index (χ2v) is 5.35. The smallest absolute Gasteiger partial charge is 0.216 e. The Morgan fingerprint density at radius 1 is 1.44 bits per heavy atom. The van der Waals surface area contributed by atoms with Gasteiger partial charge in [-0.3, -0.25) is 4.79 Å². The number of hydrogen-bond acceptors (Lipinski definition) is 2. The number of carbonyl (C=O) groups excluding carboxylic acids is 1. The molecule has 0 atom stereocenters. The van der Waals surface area contributed by atoms with Gasteiger partial charge in [0.1, 0.15) is 0 Å². The Balaban J connectivity index is 2.32. The predicted molar refractivity (Wildman–Crippen MR) is 72.4 cm³/mol. The Kier molecular flexibility index (Phi) is 3.11. The van der Waals surface area contributed by atoms with Crippen molar-refractivity contribution in [3.05, 3.63) is 30.1 Å². The lowest BCUT2D eigenvalue weighted by molar-refractivity contribution is -0.119. The van der Waals surface area contributed by atoms with E-state index in [1.54, 1.807) is 0 Å². The molecule has 1 amide bonds. The highest BCUT2D eigenvalue weighted by atomic mass is 16.1. The monoisotopic (exact) mass is 245 g/mol. The van der Waals surface area contributed by atoms with E-state index >= 15 is 0 Å². The molecule has 0 radical (unpaired) electrons. The summed E-state index contributed by atoms with van der Waals surface area (Å²) in [5, 5.41) is 2.87. The maximum Gasteiger partial charge on any atom is 0.216 e. The van der Waals surface area contributed by atoms with Gasteiger partial charge in [-0.1, -0.05) is 19.9 Å². The summed E-state index contributed by atoms with van der Waals surface area (Å²) < 4.78 is 2.00. The first kappa shape index (κ1) is 12.6. The predicted octanol–water partition coefficient (Wildman–Crippen LogP) is 1.99. The highest BCUT2D eigenvalue weighted by molar-refractivity contribution is 5.76. The molecule has 4 nitrogen and oxygen atoms in total. The summed E-state index contributed by atoms with van der Waals surface area (Å²) in [5.74, 6) is 0.00184. The van der Waals surface area contributed by atoms with Crippen molar-refractivity contribution in [3.63, 3.8) is 0 Å². The van der Waals surface area contributed by atoms with E-state index < -0.39 is 0 Å². The zero-order valence-corrected chi connectivity index (χ0v) is 11.3. The molecule has 1 heterocycles. The topological polar surface area (TPSA) is 46.9 Å². The summed E-state index contributed by atoms with van der Waals surface area (Å²) in [7, 11) is 1.98. The molecule has 96 valence electrons. The fourth-order valence-corrected chi connectivity index (χ4v) is 2.00. The SMILES string of the molecule is CC(=O)NCC(C)(C)c1ccc2c(c1)ncn2C. The summed E-state index contributed by atoms with van der Waals surface area (Å²) in [6.45, 7) is 6.40. The van der Waals surface area contributed by atoms with Crippen molar-refractivity contribution >= 4 is 16.9 Å². The molecule has 18 heavy (non-hydrogen) atoms. The number of nitrogens with zero attached hydrogens (tertiary/aromatic N) is 2. The van der Waals surface area contributed by atoms with E-state index in [1.165, 1.54) is 12.5 Å². The van der Waals surface area contributed by atoms with Gasteiger partial charge in [-0.15, -0.1) is 0 Å². The summed E-state index contributed by atoms with van der Waals surface area (Å²) in [6.07, 6.45) is 1.81. The van der Waals surface area contributed by atoms with Gasteiger partial charge in [-0.25, -0.2) is 4.98 Å². The minimum absolute atomic E-state index is 0.00184. The number of fused-ring (bicyclic) bond motifs is 1. The van der Waals surface area contributed by atoms with Crippen molar-refractivity contribution in [1.82, 2.24) is 14.9 Å². The van der Waals surface area contributed by atoms with Crippen LogP contribution in [-0.4, -0.2) is 22.0 Å². The van der Waals surface area contributed by atoms with Crippen molar-refractivity contribution in [2.24, 2.45) is 7.05 Å². The average Bonchev–Trinajstić information content (AvgIpc) is 2.68. The summed E-state index contributed by atoms with van der Waals surface area (Å²) in [4.78, 5) is 15.4. The van der Waals surface area contributed by atoms with Gasteiger partial charge < -0.3 is 9.88 Å². The molecule has 1 N–H and O–H groups in total. The third-order valence-electron chi connectivity index (χ3n) is 3.29. The first-order valence-electron chi connectivity index (χ1n) is 6.06. The van der Waals surface area contributed by atoms with Gasteiger partial charge in [-0.05, 0) is 17.7 Å². The van der Waals surface area contributed by atoms with Crippen LogP contribution in [0.4, 0.5) is 0 Å². The Bertz CT molecular complexity index is 584. The van der Waals surface area contributed by atoms with Gasteiger partial charge in [0.25, 0.3) is 0 Å². The first-order chi connectivity index (χ1) is 8.40. The Hall–Kier alpha value is -1.84. The largest absolute Gasteiger partial charge is 0.355 e. The zero-order chi connectivity index (χ0) is 13.3. The number of nitrogens with one attached hydrogen (secondary N) is 1. The van der Waals surface area contributed by atoms with E-state index in [-0.39, 0.29) is 11.3 Å². The minimum atomic E-state index is -0.0998. The molecule has 0 aliphatic heterocycles. The summed E-state index contributed by atoms with van der Waals surface area (Å²) in [5.41, 5.74) is 3.19. The molecule has 2 aromatic rings. The third kappa shape index (κ3) is 2.37. The molecule has 0 aliphatic rings. The van der Waals surface area contributed by atoms with Crippen LogP contribution in [0.3, 0.4) is 0 Å². The molecule has 0 fully saturated rings. The van der Waals surface area contributed by atoms with Crippen LogP contribution in [0.1, 0.15) is 26.3 Å². The lowest BCUT2D eigenvalue weighted by Gasteiger charge is -2.25.